The molecule has 27 heavy (non-hydrogen) atoms. The summed E-state index contributed by atoms with van der Waals surface area (Å²) in [4.78, 5) is 20.8. The lowest BCUT2D eigenvalue weighted by molar-refractivity contribution is -0.124. The van der Waals surface area contributed by atoms with Gasteiger partial charge < -0.3 is 31.7 Å². The average molecular weight is 378 g/mol. The van der Waals surface area contributed by atoms with Crippen LogP contribution in [0.3, 0.4) is 0 Å². The summed E-state index contributed by atoms with van der Waals surface area (Å²) in [5, 5.41) is 23.1. The molecule has 7 N–H and O–H groups in total. The lowest BCUT2D eigenvalue weighted by Gasteiger charge is -2.22. The Morgan fingerprint density at radius 2 is 2.26 bits per heavy atom. The SMILES string of the molecule is CCCCC(N)C(=O)N[C@@H]1C(O)[C@H](n2cnc3c(N)ccnc32)O[C@@H]1CO. The van der Waals surface area contributed by atoms with E-state index in [1.165, 1.54) is 12.5 Å². The molecule has 0 spiro atoms. The van der Waals surface area contributed by atoms with Gasteiger partial charge in [-0.15, -0.1) is 0 Å². The molecule has 1 aliphatic rings. The maximum Gasteiger partial charge on any atom is 0.237 e. The number of fused-ring (bicyclic) bond motifs is 1. The molecule has 1 amide bonds. The summed E-state index contributed by atoms with van der Waals surface area (Å²) in [5.41, 5.74) is 13.2. The molecular weight excluding hydrogens is 352 g/mol. The third-order valence-corrected chi connectivity index (χ3v) is 4.84. The van der Waals surface area contributed by atoms with E-state index in [4.69, 9.17) is 16.2 Å². The predicted molar refractivity (Wildman–Crippen MR) is 98.4 cm³/mol. The van der Waals surface area contributed by atoms with Crippen LogP contribution >= 0.6 is 0 Å². The van der Waals surface area contributed by atoms with Crippen LogP contribution in [0, 0.1) is 0 Å². The van der Waals surface area contributed by atoms with Gasteiger partial charge in [0.25, 0.3) is 0 Å². The van der Waals surface area contributed by atoms with Crippen molar-refractivity contribution in [2.75, 3.05) is 12.3 Å². The van der Waals surface area contributed by atoms with Gasteiger partial charge in [-0.25, -0.2) is 9.97 Å². The van der Waals surface area contributed by atoms with Gasteiger partial charge in [0.1, 0.15) is 17.7 Å². The number of imidazole rings is 1. The van der Waals surface area contributed by atoms with Gasteiger partial charge in [0.15, 0.2) is 11.9 Å². The van der Waals surface area contributed by atoms with E-state index in [1.807, 2.05) is 6.92 Å². The zero-order valence-electron chi connectivity index (χ0n) is 15.2. The van der Waals surface area contributed by atoms with Crippen LogP contribution in [0.5, 0.6) is 0 Å². The summed E-state index contributed by atoms with van der Waals surface area (Å²) in [5.74, 6) is -0.381. The molecule has 2 aromatic heterocycles. The van der Waals surface area contributed by atoms with E-state index < -0.39 is 30.5 Å². The quantitative estimate of drug-likeness (QED) is 0.421. The number of anilines is 1. The molecule has 5 atom stereocenters. The van der Waals surface area contributed by atoms with Crippen LogP contribution in [0.25, 0.3) is 11.2 Å². The molecule has 1 fully saturated rings. The number of hydrogen-bond donors (Lipinski definition) is 5. The molecule has 0 radical (unpaired) electrons. The van der Waals surface area contributed by atoms with Crippen molar-refractivity contribution in [3.8, 4) is 0 Å². The summed E-state index contributed by atoms with van der Waals surface area (Å²) in [6.45, 7) is 1.65. The minimum absolute atomic E-state index is 0.370. The molecule has 2 aromatic rings. The summed E-state index contributed by atoms with van der Waals surface area (Å²) in [6.07, 6.45) is 2.53. The number of nitrogens with two attached hydrogens (primary N) is 2. The average Bonchev–Trinajstić information content (AvgIpc) is 3.22. The Balaban J connectivity index is 1.79. The Kier molecular flexibility index (Phi) is 5.90. The molecule has 10 nitrogen and oxygen atoms in total. The molecule has 148 valence electrons. The third kappa shape index (κ3) is 3.74. The second kappa shape index (κ2) is 8.17. The van der Waals surface area contributed by atoms with Crippen molar-refractivity contribution in [1.82, 2.24) is 19.9 Å². The van der Waals surface area contributed by atoms with E-state index >= 15 is 0 Å². The number of carbonyl (C=O) groups is 1. The number of hydrogen-bond acceptors (Lipinski definition) is 8. The third-order valence-electron chi connectivity index (χ3n) is 4.84. The number of ether oxygens (including phenoxy) is 1. The highest BCUT2D eigenvalue weighted by Gasteiger charge is 2.46. The maximum atomic E-state index is 12.3. The van der Waals surface area contributed by atoms with Gasteiger partial charge in [0, 0.05) is 6.20 Å². The fourth-order valence-electron chi connectivity index (χ4n) is 3.27. The number of nitrogens with zero attached hydrogens (tertiary/aromatic N) is 3. The molecule has 2 unspecified atom stereocenters. The molecule has 0 bridgehead atoms. The number of nitrogen functional groups attached to an aromatic ring is 1. The predicted octanol–water partition coefficient (Wildman–Crippen LogP) is -0.734. The number of aliphatic hydroxyl groups is 2. The summed E-state index contributed by atoms with van der Waals surface area (Å²) in [7, 11) is 0. The molecule has 3 heterocycles. The number of unbranched alkanes of at least 4 members (excludes halogenated alkanes) is 1. The summed E-state index contributed by atoms with van der Waals surface area (Å²) < 4.78 is 7.32. The van der Waals surface area contributed by atoms with Crippen molar-refractivity contribution >= 4 is 22.8 Å². The maximum absolute atomic E-state index is 12.3. The Morgan fingerprint density at radius 3 is 2.96 bits per heavy atom. The number of aliphatic hydroxyl groups excluding tert-OH is 2. The molecule has 1 aliphatic heterocycles. The van der Waals surface area contributed by atoms with E-state index in [9.17, 15) is 15.0 Å². The Hall–Kier alpha value is -2.27. The van der Waals surface area contributed by atoms with E-state index in [-0.39, 0.29) is 12.5 Å². The van der Waals surface area contributed by atoms with Gasteiger partial charge in [0.2, 0.25) is 5.91 Å². The second-order valence-corrected chi connectivity index (χ2v) is 6.75. The topological polar surface area (TPSA) is 162 Å². The zero-order chi connectivity index (χ0) is 19.6. The standard InChI is InChI=1S/C17H26N6O4/c1-2-3-4-10(19)16(26)22-13-11(7-24)27-17(14(13)25)23-8-21-12-9(18)5-6-20-15(12)23/h5-6,8,10-11,13-14,17,24-25H,2-4,7,19H2,1H3,(H2,18,20)(H,22,26)/t10?,11-,13+,14?,17-/m1/s1. The van der Waals surface area contributed by atoms with Crippen molar-refractivity contribution in [3.05, 3.63) is 18.6 Å². The first-order chi connectivity index (χ1) is 13.0. The van der Waals surface area contributed by atoms with E-state index in [0.29, 0.717) is 23.3 Å². The van der Waals surface area contributed by atoms with Gasteiger partial charge in [-0.2, -0.15) is 0 Å². The van der Waals surface area contributed by atoms with E-state index in [2.05, 4.69) is 15.3 Å². The number of carbonyl (C=O) groups excluding carboxylic acids is 1. The number of rotatable bonds is 7. The molecular formula is C17H26N6O4. The molecule has 0 aromatic carbocycles. The smallest absolute Gasteiger partial charge is 0.237 e. The van der Waals surface area contributed by atoms with Gasteiger partial charge in [-0.3, -0.25) is 9.36 Å². The summed E-state index contributed by atoms with van der Waals surface area (Å²) in [6, 6.07) is 0.146. The fraction of sp³-hybridized carbons (Fsp3) is 0.588. The van der Waals surface area contributed by atoms with Crippen LogP contribution in [0.15, 0.2) is 18.6 Å². The van der Waals surface area contributed by atoms with Crippen LogP contribution in [0.1, 0.15) is 32.4 Å². The second-order valence-electron chi connectivity index (χ2n) is 6.75. The highest BCUT2D eigenvalue weighted by Crippen LogP contribution is 2.32. The highest BCUT2D eigenvalue weighted by atomic mass is 16.5. The lowest BCUT2D eigenvalue weighted by Crippen LogP contribution is -2.53. The number of nitrogens with one attached hydrogen (secondary N) is 1. The highest BCUT2D eigenvalue weighted by molar-refractivity contribution is 5.84. The number of pyridine rings is 1. The van der Waals surface area contributed by atoms with E-state index in [1.54, 1.807) is 10.6 Å². The fourth-order valence-corrected chi connectivity index (χ4v) is 3.27. The van der Waals surface area contributed by atoms with Crippen LogP contribution in [-0.2, 0) is 9.53 Å². The van der Waals surface area contributed by atoms with Crippen molar-refractivity contribution in [1.29, 1.82) is 0 Å². The van der Waals surface area contributed by atoms with Gasteiger partial charge in [-0.05, 0) is 12.5 Å². The Morgan fingerprint density at radius 1 is 1.48 bits per heavy atom. The first-order valence-corrected chi connectivity index (χ1v) is 9.05. The van der Waals surface area contributed by atoms with Crippen LogP contribution in [0.2, 0.25) is 0 Å². The molecule has 0 aliphatic carbocycles. The van der Waals surface area contributed by atoms with Crippen LogP contribution in [-0.4, -0.2) is 61.6 Å². The number of aromatic nitrogens is 3. The van der Waals surface area contributed by atoms with Gasteiger partial charge >= 0.3 is 0 Å². The molecule has 1 saturated heterocycles. The van der Waals surface area contributed by atoms with Crippen molar-refractivity contribution in [2.24, 2.45) is 5.73 Å². The minimum atomic E-state index is -1.12. The molecule has 3 rings (SSSR count). The normalized spacial score (nSPS) is 26.4. The van der Waals surface area contributed by atoms with Crippen molar-refractivity contribution in [2.45, 2.75) is 56.7 Å². The van der Waals surface area contributed by atoms with E-state index in [0.717, 1.165) is 12.8 Å². The van der Waals surface area contributed by atoms with Crippen molar-refractivity contribution in [3.63, 3.8) is 0 Å². The first-order valence-electron chi connectivity index (χ1n) is 9.05. The first kappa shape index (κ1) is 19.5. The minimum Gasteiger partial charge on any atom is -0.397 e. The molecule has 0 saturated carbocycles. The monoisotopic (exact) mass is 378 g/mol. The van der Waals surface area contributed by atoms with Crippen molar-refractivity contribution < 1.29 is 19.7 Å². The zero-order valence-corrected chi connectivity index (χ0v) is 15.2. The largest absolute Gasteiger partial charge is 0.397 e. The summed E-state index contributed by atoms with van der Waals surface area (Å²) >= 11 is 0. The van der Waals surface area contributed by atoms with Crippen LogP contribution < -0.4 is 16.8 Å². The van der Waals surface area contributed by atoms with Crippen LogP contribution in [0.4, 0.5) is 5.69 Å². The number of amides is 1. The molecule has 10 heteroatoms. The van der Waals surface area contributed by atoms with Gasteiger partial charge in [-0.1, -0.05) is 19.8 Å². The lowest BCUT2D eigenvalue weighted by atomic mass is 10.1. The Bertz CT molecular complexity index is 797. The Labute approximate surface area is 156 Å². The van der Waals surface area contributed by atoms with Gasteiger partial charge in [0.05, 0.1) is 30.7 Å².